The summed E-state index contributed by atoms with van der Waals surface area (Å²) in [5.74, 6) is 1.55. The van der Waals surface area contributed by atoms with Gasteiger partial charge >= 0.3 is 0 Å². The zero-order valence-electron chi connectivity index (χ0n) is 17.9. The molecule has 0 aromatic heterocycles. The SMILES string of the molecule is C=C.CCC(c1ccc(C=O)cc1)C1CCCCC1.CCOC(C)OCC. The molecule has 3 heteroatoms. The first-order valence-electron chi connectivity index (χ1n) is 10.4. The van der Waals surface area contributed by atoms with E-state index in [1.165, 1.54) is 44.1 Å². The molecule has 0 radical (unpaired) electrons. The summed E-state index contributed by atoms with van der Waals surface area (Å²) in [6.45, 7) is 15.5. The Morgan fingerprint density at radius 2 is 1.52 bits per heavy atom. The predicted octanol–water partition coefficient (Wildman–Crippen LogP) is 6.78. The van der Waals surface area contributed by atoms with Gasteiger partial charge in [0, 0.05) is 18.8 Å². The average Bonchev–Trinajstić information content (AvgIpc) is 2.72. The van der Waals surface area contributed by atoms with Crippen LogP contribution in [0, 0.1) is 5.92 Å². The standard InChI is InChI=1S/C16H22O.C6H14O2.C2H4/c1-2-16(14-6-4-3-5-7-14)15-10-8-13(12-17)9-11-15;1-4-7-6(3)8-5-2;1-2/h8-12,14,16H,2-7H2,1H3;6H,4-5H2,1-3H3;1-2H2. The van der Waals surface area contributed by atoms with Gasteiger partial charge in [-0.25, -0.2) is 0 Å². The van der Waals surface area contributed by atoms with Crippen molar-refractivity contribution in [2.24, 2.45) is 5.92 Å². The summed E-state index contributed by atoms with van der Waals surface area (Å²) < 4.78 is 10.1. The van der Waals surface area contributed by atoms with Gasteiger partial charge in [0.2, 0.25) is 0 Å². The molecule has 1 aromatic rings. The van der Waals surface area contributed by atoms with E-state index in [9.17, 15) is 4.79 Å². The first-order valence-corrected chi connectivity index (χ1v) is 10.4. The largest absolute Gasteiger partial charge is 0.353 e. The van der Waals surface area contributed by atoms with Crippen molar-refractivity contribution >= 4 is 6.29 Å². The molecule has 0 N–H and O–H groups in total. The Kier molecular flexibility index (Phi) is 15.8. The van der Waals surface area contributed by atoms with Crippen molar-refractivity contribution in [2.75, 3.05) is 13.2 Å². The first kappa shape index (κ1) is 25.6. The Morgan fingerprint density at radius 1 is 1.00 bits per heavy atom. The Balaban J connectivity index is 0.000000574. The highest BCUT2D eigenvalue weighted by molar-refractivity contribution is 5.74. The molecule has 0 bridgehead atoms. The lowest BCUT2D eigenvalue weighted by molar-refractivity contribution is -0.123. The van der Waals surface area contributed by atoms with Crippen molar-refractivity contribution in [3.05, 3.63) is 48.6 Å². The number of ether oxygens (including phenoxy) is 2. The third kappa shape index (κ3) is 10.5. The molecule has 27 heavy (non-hydrogen) atoms. The molecular weight excluding hydrogens is 336 g/mol. The van der Waals surface area contributed by atoms with E-state index in [1.54, 1.807) is 0 Å². The number of carbonyl (C=O) groups is 1. The average molecular weight is 377 g/mol. The second-order valence-electron chi connectivity index (χ2n) is 6.68. The highest BCUT2D eigenvalue weighted by Crippen LogP contribution is 2.37. The fourth-order valence-electron chi connectivity index (χ4n) is 3.72. The van der Waals surface area contributed by atoms with Crippen molar-refractivity contribution in [2.45, 2.75) is 78.4 Å². The van der Waals surface area contributed by atoms with E-state index in [0.29, 0.717) is 5.92 Å². The zero-order chi connectivity index (χ0) is 20.5. The van der Waals surface area contributed by atoms with E-state index < -0.39 is 0 Å². The van der Waals surface area contributed by atoms with E-state index in [4.69, 9.17) is 9.47 Å². The highest BCUT2D eigenvalue weighted by Gasteiger charge is 2.23. The summed E-state index contributed by atoms with van der Waals surface area (Å²) >= 11 is 0. The number of benzene rings is 1. The highest BCUT2D eigenvalue weighted by atomic mass is 16.7. The van der Waals surface area contributed by atoms with Crippen LogP contribution < -0.4 is 0 Å². The maximum atomic E-state index is 10.7. The Morgan fingerprint density at radius 3 is 1.93 bits per heavy atom. The maximum Gasteiger partial charge on any atom is 0.154 e. The summed E-state index contributed by atoms with van der Waals surface area (Å²) in [6, 6.07) is 8.20. The van der Waals surface area contributed by atoms with Crippen molar-refractivity contribution in [3.63, 3.8) is 0 Å². The summed E-state index contributed by atoms with van der Waals surface area (Å²) in [7, 11) is 0. The third-order valence-corrected chi connectivity index (χ3v) is 4.96. The first-order chi connectivity index (χ1) is 13.2. The number of carbonyl (C=O) groups excluding carboxylic acids is 1. The van der Waals surface area contributed by atoms with Gasteiger partial charge in [0.25, 0.3) is 0 Å². The van der Waals surface area contributed by atoms with Crippen molar-refractivity contribution in [3.8, 4) is 0 Å². The van der Waals surface area contributed by atoms with Crippen LogP contribution in [0.3, 0.4) is 0 Å². The molecule has 0 aliphatic heterocycles. The Labute approximate surface area is 167 Å². The molecule has 1 unspecified atom stereocenters. The van der Waals surface area contributed by atoms with Crippen LogP contribution >= 0.6 is 0 Å². The van der Waals surface area contributed by atoms with Gasteiger partial charge in [-0.2, -0.15) is 0 Å². The molecular formula is C24H40O3. The van der Waals surface area contributed by atoms with Crippen LogP contribution in [0.5, 0.6) is 0 Å². The van der Waals surface area contributed by atoms with Gasteiger partial charge in [0.15, 0.2) is 6.29 Å². The Hall–Kier alpha value is -1.45. The van der Waals surface area contributed by atoms with Gasteiger partial charge in [-0.1, -0.05) is 50.5 Å². The van der Waals surface area contributed by atoms with Gasteiger partial charge in [0.1, 0.15) is 6.29 Å². The van der Waals surface area contributed by atoms with Crippen LogP contribution in [0.1, 0.15) is 88.1 Å². The lowest BCUT2D eigenvalue weighted by Crippen LogP contribution is -2.15. The third-order valence-electron chi connectivity index (χ3n) is 4.96. The van der Waals surface area contributed by atoms with Gasteiger partial charge in [-0.3, -0.25) is 4.79 Å². The summed E-state index contributed by atoms with van der Waals surface area (Å²) in [5.41, 5.74) is 2.21. The normalized spacial score (nSPS) is 15.1. The van der Waals surface area contributed by atoms with Gasteiger partial charge < -0.3 is 9.47 Å². The fourth-order valence-corrected chi connectivity index (χ4v) is 3.72. The van der Waals surface area contributed by atoms with Gasteiger partial charge in [-0.05, 0) is 57.4 Å². The molecule has 1 saturated carbocycles. The number of aldehydes is 1. The van der Waals surface area contributed by atoms with Crippen LogP contribution in [-0.2, 0) is 9.47 Å². The summed E-state index contributed by atoms with van der Waals surface area (Å²) in [4.78, 5) is 10.7. The maximum absolute atomic E-state index is 10.7. The van der Waals surface area contributed by atoms with Crippen LogP contribution in [0.15, 0.2) is 37.4 Å². The van der Waals surface area contributed by atoms with E-state index in [-0.39, 0.29) is 6.29 Å². The van der Waals surface area contributed by atoms with Crippen molar-refractivity contribution in [1.82, 2.24) is 0 Å². The molecule has 1 aliphatic carbocycles. The minimum atomic E-state index is -0.0370. The Bertz CT molecular complexity index is 457. The van der Waals surface area contributed by atoms with E-state index in [1.807, 2.05) is 32.9 Å². The summed E-state index contributed by atoms with van der Waals surface area (Å²) in [5, 5.41) is 0. The molecule has 1 atom stereocenters. The number of rotatable bonds is 8. The van der Waals surface area contributed by atoms with E-state index in [2.05, 4.69) is 32.2 Å². The topological polar surface area (TPSA) is 35.5 Å². The predicted molar refractivity (Wildman–Crippen MR) is 115 cm³/mol. The fraction of sp³-hybridized carbons (Fsp3) is 0.625. The smallest absolute Gasteiger partial charge is 0.154 e. The minimum Gasteiger partial charge on any atom is -0.353 e. The van der Waals surface area contributed by atoms with Crippen molar-refractivity contribution < 1.29 is 14.3 Å². The molecule has 0 spiro atoms. The summed E-state index contributed by atoms with van der Waals surface area (Å²) in [6.07, 6.45) is 9.07. The molecule has 3 nitrogen and oxygen atoms in total. The van der Waals surface area contributed by atoms with Crippen LogP contribution in [-0.4, -0.2) is 25.8 Å². The van der Waals surface area contributed by atoms with Crippen LogP contribution in [0.2, 0.25) is 0 Å². The molecule has 1 aromatic carbocycles. The second kappa shape index (κ2) is 16.7. The molecule has 1 fully saturated rings. The lowest BCUT2D eigenvalue weighted by atomic mass is 9.75. The molecule has 2 rings (SSSR count). The van der Waals surface area contributed by atoms with Gasteiger partial charge in [-0.15, -0.1) is 13.2 Å². The molecule has 154 valence electrons. The van der Waals surface area contributed by atoms with Crippen LogP contribution in [0.25, 0.3) is 0 Å². The zero-order valence-corrected chi connectivity index (χ0v) is 17.9. The molecule has 0 saturated heterocycles. The number of hydrogen-bond acceptors (Lipinski definition) is 3. The minimum absolute atomic E-state index is 0.0370. The lowest BCUT2D eigenvalue weighted by Gasteiger charge is -2.30. The molecule has 0 amide bonds. The number of hydrogen-bond donors (Lipinski definition) is 0. The van der Waals surface area contributed by atoms with Crippen LogP contribution in [0.4, 0.5) is 0 Å². The second-order valence-corrected chi connectivity index (χ2v) is 6.68. The van der Waals surface area contributed by atoms with Gasteiger partial charge in [0.05, 0.1) is 0 Å². The molecule has 1 aliphatic rings. The monoisotopic (exact) mass is 376 g/mol. The quantitative estimate of drug-likeness (QED) is 0.285. The van der Waals surface area contributed by atoms with E-state index in [0.717, 1.165) is 31.0 Å². The van der Waals surface area contributed by atoms with E-state index >= 15 is 0 Å². The molecule has 0 heterocycles. The van der Waals surface area contributed by atoms with Crippen molar-refractivity contribution in [1.29, 1.82) is 0 Å².